The van der Waals surface area contributed by atoms with Crippen molar-refractivity contribution in [2.45, 2.75) is 29.4 Å². The minimum atomic E-state index is -0.756. The van der Waals surface area contributed by atoms with Crippen molar-refractivity contribution in [3.8, 4) is 0 Å². The maximum absolute atomic E-state index is 14.2. The van der Waals surface area contributed by atoms with E-state index in [1.165, 1.54) is 4.90 Å². The summed E-state index contributed by atoms with van der Waals surface area (Å²) in [5.74, 6) is -1.36. The van der Waals surface area contributed by atoms with Gasteiger partial charge in [-0.2, -0.15) is 0 Å². The molecule has 3 nitrogen and oxygen atoms in total. The van der Waals surface area contributed by atoms with Crippen molar-refractivity contribution in [3.05, 3.63) is 99.6 Å². The molecule has 2 bridgehead atoms. The van der Waals surface area contributed by atoms with Crippen LogP contribution in [0.15, 0.2) is 60.7 Å². The second kappa shape index (κ2) is 6.42. The smallest absolute Gasteiger partial charge is 0.239 e. The number of amides is 2. The SMILES string of the molecule is Cc1cc(C)c(N2C(=O)C3C(C2=O)C2(Br)c4ccccc4C3(Br)c3ccccc32)c(C)c1. The molecule has 7 rings (SSSR count). The third-order valence-corrected chi connectivity index (χ3v) is 10.1. The molecule has 0 aromatic heterocycles. The third-order valence-electron chi connectivity index (χ3n) is 7.44. The van der Waals surface area contributed by atoms with E-state index >= 15 is 0 Å². The first-order valence-corrected chi connectivity index (χ1v) is 12.3. The standard InChI is InChI=1S/C27H21Br2NO2/c1-14-12-15(2)23(16(3)13-14)30-24(31)21-22(25(30)32)27(29)18-9-5-4-8-17(18)26(21,28)19-10-6-7-11-20(19)27/h4-13,21-22H,1-3H3. The number of aryl methyl sites for hydroxylation is 3. The van der Waals surface area contributed by atoms with Crippen LogP contribution in [0.3, 0.4) is 0 Å². The lowest BCUT2D eigenvalue weighted by Crippen LogP contribution is -2.56. The second-order valence-electron chi connectivity index (χ2n) is 9.23. The highest BCUT2D eigenvalue weighted by atomic mass is 79.9. The average molecular weight is 551 g/mol. The quantitative estimate of drug-likeness (QED) is 0.274. The lowest BCUT2D eigenvalue weighted by Gasteiger charge is -2.55. The first-order valence-electron chi connectivity index (χ1n) is 10.8. The van der Waals surface area contributed by atoms with Crippen LogP contribution in [-0.2, 0) is 18.2 Å². The number of carbonyl (C=O) groups is 2. The summed E-state index contributed by atoms with van der Waals surface area (Å²) in [5, 5.41) is 0. The molecule has 1 saturated heterocycles. The lowest BCUT2D eigenvalue weighted by molar-refractivity contribution is -0.122. The number of alkyl halides is 2. The molecule has 32 heavy (non-hydrogen) atoms. The molecule has 1 heterocycles. The Morgan fingerprint density at radius 1 is 0.688 bits per heavy atom. The highest BCUT2D eigenvalue weighted by Crippen LogP contribution is 2.71. The van der Waals surface area contributed by atoms with Gasteiger partial charge in [0.05, 0.1) is 26.2 Å². The van der Waals surface area contributed by atoms with Crippen LogP contribution in [0, 0.1) is 32.6 Å². The van der Waals surface area contributed by atoms with Gasteiger partial charge in [-0.05, 0) is 54.2 Å². The van der Waals surface area contributed by atoms with Crippen molar-refractivity contribution < 1.29 is 9.59 Å². The van der Waals surface area contributed by atoms with Crippen LogP contribution in [0.1, 0.15) is 38.9 Å². The number of nitrogens with zero attached hydrogens (tertiary/aromatic N) is 1. The van der Waals surface area contributed by atoms with E-state index in [1.807, 2.05) is 57.2 Å². The third kappa shape index (κ3) is 2.17. The number of imide groups is 1. The second-order valence-corrected chi connectivity index (χ2v) is 11.7. The minimum absolute atomic E-state index is 0.139. The molecule has 2 amide bonds. The topological polar surface area (TPSA) is 37.4 Å². The van der Waals surface area contributed by atoms with Crippen LogP contribution in [0.4, 0.5) is 5.69 Å². The number of anilines is 1. The van der Waals surface area contributed by atoms with Crippen LogP contribution in [-0.4, -0.2) is 11.8 Å². The van der Waals surface area contributed by atoms with Gasteiger partial charge in [-0.25, -0.2) is 4.90 Å². The van der Waals surface area contributed by atoms with Crippen LogP contribution in [0.5, 0.6) is 0 Å². The minimum Gasteiger partial charge on any atom is -0.274 e. The molecular weight excluding hydrogens is 530 g/mol. The van der Waals surface area contributed by atoms with Gasteiger partial charge in [0.25, 0.3) is 0 Å². The molecule has 1 fully saturated rings. The maximum Gasteiger partial charge on any atom is 0.239 e. The van der Waals surface area contributed by atoms with E-state index < -0.39 is 20.5 Å². The monoisotopic (exact) mass is 549 g/mol. The summed E-state index contributed by atoms with van der Waals surface area (Å²) in [6, 6.07) is 20.4. The zero-order valence-corrected chi connectivity index (χ0v) is 21.1. The molecule has 0 radical (unpaired) electrons. The molecule has 3 aromatic rings. The number of halogens is 2. The van der Waals surface area contributed by atoms with Gasteiger partial charge in [-0.15, -0.1) is 0 Å². The molecule has 3 aliphatic carbocycles. The van der Waals surface area contributed by atoms with Crippen molar-refractivity contribution in [3.63, 3.8) is 0 Å². The Hall–Kier alpha value is -2.24. The van der Waals surface area contributed by atoms with Gasteiger partial charge in [0, 0.05) is 0 Å². The summed E-state index contributed by atoms with van der Waals surface area (Å²) < 4.78 is -1.51. The fourth-order valence-corrected chi connectivity index (χ4v) is 8.72. The summed E-state index contributed by atoms with van der Waals surface area (Å²) in [4.78, 5) is 29.8. The van der Waals surface area contributed by atoms with Crippen LogP contribution >= 0.6 is 31.9 Å². The first kappa shape index (κ1) is 20.4. The Balaban J connectivity index is 1.67. The Kier molecular flexibility index (Phi) is 4.09. The lowest BCUT2D eigenvalue weighted by atomic mass is 9.54. The van der Waals surface area contributed by atoms with Gasteiger partial charge < -0.3 is 0 Å². The molecule has 2 unspecified atom stereocenters. The zero-order valence-electron chi connectivity index (χ0n) is 17.9. The van der Waals surface area contributed by atoms with Crippen LogP contribution in [0.2, 0.25) is 0 Å². The van der Waals surface area contributed by atoms with Gasteiger partial charge in [-0.3, -0.25) is 9.59 Å². The van der Waals surface area contributed by atoms with E-state index in [2.05, 4.69) is 56.1 Å². The van der Waals surface area contributed by atoms with Crippen LogP contribution in [0.25, 0.3) is 0 Å². The van der Waals surface area contributed by atoms with E-state index in [4.69, 9.17) is 0 Å². The van der Waals surface area contributed by atoms with E-state index in [9.17, 15) is 9.59 Å². The number of hydrogen-bond acceptors (Lipinski definition) is 2. The molecular formula is C27H21Br2NO2. The van der Waals surface area contributed by atoms with Gasteiger partial charge in [-0.1, -0.05) is 98.1 Å². The molecule has 5 heteroatoms. The van der Waals surface area contributed by atoms with Crippen molar-refractivity contribution in [1.29, 1.82) is 0 Å². The number of carbonyl (C=O) groups excluding carboxylic acids is 2. The van der Waals surface area contributed by atoms with Gasteiger partial charge in [0.15, 0.2) is 0 Å². The van der Waals surface area contributed by atoms with Crippen molar-refractivity contribution in [2.75, 3.05) is 4.90 Å². The summed E-state index contributed by atoms with van der Waals surface area (Å²) >= 11 is 8.12. The molecule has 0 saturated carbocycles. The summed E-state index contributed by atoms with van der Waals surface area (Å²) in [6.45, 7) is 5.99. The van der Waals surface area contributed by atoms with Crippen molar-refractivity contribution >= 4 is 49.4 Å². The molecule has 3 aromatic carbocycles. The highest BCUT2D eigenvalue weighted by Gasteiger charge is 2.72. The number of rotatable bonds is 1. The number of benzene rings is 3. The Labute approximate surface area is 204 Å². The zero-order chi connectivity index (χ0) is 22.6. The van der Waals surface area contributed by atoms with Gasteiger partial charge in [0.1, 0.15) is 0 Å². The molecule has 0 spiro atoms. The molecule has 4 aliphatic rings. The Bertz CT molecular complexity index is 1220. The van der Waals surface area contributed by atoms with E-state index in [1.54, 1.807) is 0 Å². The summed E-state index contributed by atoms with van der Waals surface area (Å²) in [6.07, 6.45) is 0. The fourth-order valence-electron chi connectivity index (χ4n) is 6.41. The van der Waals surface area contributed by atoms with Gasteiger partial charge in [0.2, 0.25) is 11.8 Å². The van der Waals surface area contributed by atoms with E-state index in [-0.39, 0.29) is 11.8 Å². The highest BCUT2D eigenvalue weighted by molar-refractivity contribution is 9.10. The molecule has 0 N–H and O–H groups in total. The predicted octanol–water partition coefficient (Wildman–Crippen LogP) is 6.02. The first-order chi connectivity index (χ1) is 15.2. The molecule has 1 aliphatic heterocycles. The fraction of sp³-hybridized carbons (Fsp3) is 0.259. The molecule has 2 atom stereocenters. The number of hydrogen-bond donors (Lipinski definition) is 0. The van der Waals surface area contributed by atoms with Crippen molar-refractivity contribution in [1.82, 2.24) is 0 Å². The van der Waals surface area contributed by atoms with Gasteiger partial charge >= 0.3 is 0 Å². The Morgan fingerprint density at radius 2 is 1.03 bits per heavy atom. The predicted molar refractivity (Wildman–Crippen MR) is 132 cm³/mol. The summed E-state index contributed by atoms with van der Waals surface area (Å²) in [7, 11) is 0. The normalized spacial score (nSPS) is 29.7. The van der Waals surface area contributed by atoms with E-state index in [0.717, 1.165) is 44.6 Å². The summed E-state index contributed by atoms with van der Waals surface area (Å²) in [5.41, 5.74) is 7.94. The van der Waals surface area contributed by atoms with Crippen molar-refractivity contribution in [2.24, 2.45) is 11.8 Å². The van der Waals surface area contributed by atoms with Crippen LogP contribution < -0.4 is 4.90 Å². The van der Waals surface area contributed by atoms with E-state index in [0.29, 0.717) is 0 Å². The Morgan fingerprint density at radius 3 is 1.38 bits per heavy atom. The maximum atomic E-state index is 14.2. The largest absolute Gasteiger partial charge is 0.274 e. The average Bonchev–Trinajstić information content (AvgIpc) is 3.03. The molecule has 160 valence electrons.